The van der Waals surface area contributed by atoms with Crippen LogP contribution >= 0.6 is 22.9 Å². The Hall–Kier alpha value is -0.710. The van der Waals surface area contributed by atoms with Crippen LogP contribution in [0.15, 0.2) is 29.0 Å². The van der Waals surface area contributed by atoms with E-state index < -0.39 is 0 Å². The van der Waals surface area contributed by atoms with E-state index in [4.69, 9.17) is 5.73 Å². The Kier molecular flexibility index (Phi) is 2.73. The summed E-state index contributed by atoms with van der Waals surface area (Å²) in [5.41, 5.74) is 6.98. The molecule has 68 valence electrons. The van der Waals surface area contributed by atoms with Gasteiger partial charge >= 0.3 is 0 Å². The molecule has 0 bridgehead atoms. The van der Waals surface area contributed by atoms with E-state index in [-0.39, 0.29) is 6.04 Å². The first-order chi connectivity index (χ1) is 6.36. The van der Waals surface area contributed by atoms with Gasteiger partial charge in [0.25, 0.3) is 0 Å². The molecule has 0 saturated carbocycles. The molecule has 2 rings (SSSR count). The zero-order valence-corrected chi connectivity index (χ0v) is 8.65. The van der Waals surface area contributed by atoms with E-state index in [1.165, 1.54) is 16.4 Å². The van der Waals surface area contributed by atoms with Crippen LogP contribution in [0.25, 0.3) is 0 Å². The van der Waals surface area contributed by atoms with E-state index in [9.17, 15) is 0 Å². The SMILES string of the molecule is NC(Cc1cccs1)c1ccsn1. The van der Waals surface area contributed by atoms with Crippen molar-refractivity contribution >= 4 is 22.9 Å². The normalized spacial score (nSPS) is 13.0. The van der Waals surface area contributed by atoms with Gasteiger partial charge in [-0.3, -0.25) is 0 Å². The molecule has 0 spiro atoms. The van der Waals surface area contributed by atoms with Gasteiger partial charge in [0.05, 0.1) is 11.7 Å². The quantitative estimate of drug-likeness (QED) is 0.845. The molecular weight excluding hydrogens is 200 g/mol. The molecule has 2 N–H and O–H groups in total. The van der Waals surface area contributed by atoms with Crippen molar-refractivity contribution in [2.75, 3.05) is 0 Å². The van der Waals surface area contributed by atoms with Gasteiger partial charge < -0.3 is 5.73 Å². The first kappa shape index (κ1) is 8.87. The average Bonchev–Trinajstić information content (AvgIpc) is 2.74. The monoisotopic (exact) mass is 210 g/mol. The third kappa shape index (κ3) is 2.15. The van der Waals surface area contributed by atoms with Crippen LogP contribution in [0.1, 0.15) is 16.6 Å². The predicted octanol–water partition coefficient (Wildman–Crippen LogP) is 2.45. The lowest BCUT2D eigenvalue weighted by atomic mass is 10.1. The van der Waals surface area contributed by atoms with Crippen LogP contribution in [0.3, 0.4) is 0 Å². The van der Waals surface area contributed by atoms with Gasteiger partial charge in [-0.2, -0.15) is 4.37 Å². The second-order valence-corrected chi connectivity index (χ2v) is 4.51. The number of nitrogens with zero attached hydrogens (tertiary/aromatic N) is 1. The topological polar surface area (TPSA) is 38.9 Å². The summed E-state index contributed by atoms with van der Waals surface area (Å²) in [5, 5.41) is 4.03. The third-order valence-electron chi connectivity index (χ3n) is 1.84. The molecule has 0 amide bonds. The van der Waals surface area contributed by atoms with Gasteiger partial charge in [-0.1, -0.05) is 6.07 Å². The zero-order chi connectivity index (χ0) is 9.10. The fraction of sp³-hybridized carbons (Fsp3) is 0.222. The minimum Gasteiger partial charge on any atom is -0.322 e. The average molecular weight is 210 g/mol. The standard InChI is InChI=1S/C9H10N2S2/c10-8(9-3-5-13-11-9)6-7-2-1-4-12-7/h1-5,8H,6,10H2. The molecule has 2 aromatic heterocycles. The smallest absolute Gasteiger partial charge is 0.0713 e. The van der Waals surface area contributed by atoms with E-state index in [0.717, 1.165) is 12.1 Å². The highest BCUT2D eigenvalue weighted by Crippen LogP contribution is 2.18. The molecule has 4 heteroatoms. The maximum atomic E-state index is 5.98. The van der Waals surface area contributed by atoms with Crippen LogP contribution in [0.5, 0.6) is 0 Å². The number of rotatable bonds is 3. The summed E-state index contributed by atoms with van der Waals surface area (Å²) in [7, 11) is 0. The highest BCUT2D eigenvalue weighted by molar-refractivity contribution is 7.09. The second-order valence-electron chi connectivity index (χ2n) is 2.81. The van der Waals surface area contributed by atoms with Gasteiger partial charge in [-0.15, -0.1) is 11.3 Å². The maximum Gasteiger partial charge on any atom is 0.0713 e. The molecule has 1 atom stereocenters. The van der Waals surface area contributed by atoms with E-state index in [1.807, 2.05) is 17.5 Å². The minimum atomic E-state index is 0.0462. The fourth-order valence-corrected chi connectivity index (χ4v) is 2.51. The number of thiophene rings is 1. The molecule has 0 aromatic carbocycles. The Bertz CT molecular complexity index is 340. The van der Waals surface area contributed by atoms with Crippen molar-refractivity contribution in [3.63, 3.8) is 0 Å². The van der Waals surface area contributed by atoms with Crippen molar-refractivity contribution in [3.05, 3.63) is 39.5 Å². The predicted molar refractivity (Wildman–Crippen MR) is 57.1 cm³/mol. The summed E-state index contributed by atoms with van der Waals surface area (Å²) >= 11 is 3.20. The second kappa shape index (κ2) is 4.00. The van der Waals surface area contributed by atoms with Crippen molar-refractivity contribution in [2.45, 2.75) is 12.5 Å². The number of aromatic nitrogens is 1. The van der Waals surface area contributed by atoms with Crippen LogP contribution < -0.4 is 5.73 Å². The van der Waals surface area contributed by atoms with Crippen molar-refractivity contribution in [1.82, 2.24) is 4.37 Å². The van der Waals surface area contributed by atoms with E-state index in [1.54, 1.807) is 11.3 Å². The molecule has 2 aromatic rings. The van der Waals surface area contributed by atoms with E-state index >= 15 is 0 Å². The van der Waals surface area contributed by atoms with Gasteiger partial charge in [-0.05, 0) is 29.0 Å². The fourth-order valence-electron chi connectivity index (χ4n) is 1.16. The van der Waals surface area contributed by atoms with Crippen LogP contribution in [0, 0.1) is 0 Å². The molecule has 0 fully saturated rings. The largest absolute Gasteiger partial charge is 0.322 e. The van der Waals surface area contributed by atoms with Gasteiger partial charge in [-0.25, -0.2) is 0 Å². The Labute approximate surface area is 85.2 Å². The summed E-state index contributed by atoms with van der Waals surface area (Å²) in [5.74, 6) is 0. The molecule has 1 unspecified atom stereocenters. The first-order valence-corrected chi connectivity index (χ1v) is 5.76. The van der Waals surface area contributed by atoms with Gasteiger partial charge in [0.1, 0.15) is 0 Å². The summed E-state index contributed by atoms with van der Waals surface area (Å²) < 4.78 is 4.22. The Morgan fingerprint density at radius 1 is 1.38 bits per heavy atom. The van der Waals surface area contributed by atoms with Crippen LogP contribution in [0.2, 0.25) is 0 Å². The van der Waals surface area contributed by atoms with Gasteiger partial charge in [0, 0.05) is 16.7 Å². The maximum absolute atomic E-state index is 5.98. The number of hydrogen-bond acceptors (Lipinski definition) is 4. The number of hydrogen-bond donors (Lipinski definition) is 1. The lowest BCUT2D eigenvalue weighted by molar-refractivity contribution is 0.713. The highest BCUT2D eigenvalue weighted by atomic mass is 32.1. The van der Waals surface area contributed by atoms with Crippen LogP contribution in [0.4, 0.5) is 0 Å². The Morgan fingerprint density at radius 3 is 2.92 bits per heavy atom. The number of nitrogens with two attached hydrogens (primary N) is 1. The summed E-state index contributed by atoms with van der Waals surface area (Å²) in [4.78, 5) is 1.32. The van der Waals surface area contributed by atoms with Crippen molar-refractivity contribution in [1.29, 1.82) is 0 Å². The van der Waals surface area contributed by atoms with Gasteiger partial charge in [0.15, 0.2) is 0 Å². The molecule has 0 radical (unpaired) electrons. The van der Waals surface area contributed by atoms with E-state index in [2.05, 4.69) is 15.8 Å². The lowest BCUT2D eigenvalue weighted by Gasteiger charge is -2.05. The summed E-state index contributed by atoms with van der Waals surface area (Å²) in [6.07, 6.45) is 0.890. The molecule has 13 heavy (non-hydrogen) atoms. The third-order valence-corrected chi connectivity index (χ3v) is 3.31. The molecule has 0 aliphatic heterocycles. The molecule has 2 heterocycles. The summed E-state index contributed by atoms with van der Waals surface area (Å²) in [6.45, 7) is 0. The first-order valence-electron chi connectivity index (χ1n) is 4.04. The van der Waals surface area contributed by atoms with E-state index in [0.29, 0.717) is 0 Å². The minimum absolute atomic E-state index is 0.0462. The zero-order valence-electron chi connectivity index (χ0n) is 7.01. The van der Waals surface area contributed by atoms with Crippen molar-refractivity contribution < 1.29 is 0 Å². The van der Waals surface area contributed by atoms with Gasteiger partial charge in [0.2, 0.25) is 0 Å². The van der Waals surface area contributed by atoms with Crippen molar-refractivity contribution in [3.8, 4) is 0 Å². The lowest BCUT2D eigenvalue weighted by Crippen LogP contribution is -2.12. The Morgan fingerprint density at radius 2 is 2.31 bits per heavy atom. The van der Waals surface area contributed by atoms with Crippen molar-refractivity contribution in [2.24, 2.45) is 5.73 Å². The molecule has 0 aliphatic carbocycles. The molecular formula is C9H10N2S2. The molecule has 2 nitrogen and oxygen atoms in total. The molecule has 0 saturated heterocycles. The molecule has 0 aliphatic rings. The highest BCUT2D eigenvalue weighted by Gasteiger charge is 2.08. The van der Waals surface area contributed by atoms with Crippen LogP contribution in [-0.4, -0.2) is 4.37 Å². The summed E-state index contributed by atoms with van der Waals surface area (Å²) in [6, 6.07) is 6.19. The van der Waals surface area contributed by atoms with Crippen LogP contribution in [-0.2, 0) is 6.42 Å². The Balaban J connectivity index is 2.04.